The maximum atomic E-state index is 12.4. The van der Waals surface area contributed by atoms with E-state index in [0.717, 1.165) is 0 Å². The van der Waals surface area contributed by atoms with Crippen LogP contribution in [0, 0.1) is 17.0 Å². The van der Waals surface area contributed by atoms with Gasteiger partial charge in [0.15, 0.2) is 0 Å². The molecule has 3 aromatic carbocycles. The number of rotatable bonds is 6. The van der Waals surface area contributed by atoms with E-state index in [1.54, 1.807) is 37.3 Å². The van der Waals surface area contributed by atoms with Crippen LogP contribution in [0.25, 0.3) is 0 Å². The summed E-state index contributed by atoms with van der Waals surface area (Å²) in [6.07, 6.45) is 1.23. The predicted molar refractivity (Wildman–Crippen MR) is 125 cm³/mol. The van der Waals surface area contributed by atoms with Crippen molar-refractivity contribution in [3.63, 3.8) is 0 Å². The molecule has 0 unspecified atom stereocenters. The number of carbonyl (C=O) groups is 3. The number of nitro benzene ring substituents is 1. The smallest absolute Gasteiger partial charge is 0.350 e. The Balaban J connectivity index is 1.62. The van der Waals surface area contributed by atoms with Crippen LogP contribution in [0.1, 0.15) is 21.5 Å². The molecule has 0 fully saturated rings. The van der Waals surface area contributed by atoms with Crippen molar-refractivity contribution in [1.82, 2.24) is 5.43 Å². The molecule has 0 atom stereocenters. The van der Waals surface area contributed by atoms with Crippen molar-refractivity contribution in [2.24, 2.45) is 5.10 Å². The monoisotopic (exact) mass is 480 g/mol. The lowest BCUT2D eigenvalue weighted by molar-refractivity contribution is -0.385. The third kappa shape index (κ3) is 6.02. The highest BCUT2D eigenvalue weighted by Crippen LogP contribution is 2.23. The molecule has 10 nitrogen and oxygen atoms in total. The van der Waals surface area contributed by atoms with Gasteiger partial charge in [0.1, 0.15) is 11.3 Å². The van der Waals surface area contributed by atoms with Gasteiger partial charge in [-0.3, -0.25) is 19.7 Å². The first-order chi connectivity index (χ1) is 16.3. The zero-order valence-electron chi connectivity index (χ0n) is 17.7. The number of nitro groups is 1. The summed E-state index contributed by atoms with van der Waals surface area (Å²) in [4.78, 5) is 46.8. The normalized spacial score (nSPS) is 10.5. The first-order valence-electron chi connectivity index (χ1n) is 9.71. The summed E-state index contributed by atoms with van der Waals surface area (Å²) in [6, 6.07) is 16.4. The second-order valence-corrected chi connectivity index (χ2v) is 7.21. The summed E-state index contributed by atoms with van der Waals surface area (Å²) < 4.78 is 5.22. The molecule has 0 bridgehead atoms. The largest absolute Gasteiger partial charge is 0.423 e. The molecule has 2 amide bonds. The molecule has 0 aliphatic heterocycles. The topological polar surface area (TPSA) is 140 Å². The molecule has 172 valence electrons. The molecule has 0 heterocycles. The van der Waals surface area contributed by atoms with E-state index in [1.165, 1.54) is 42.6 Å². The van der Waals surface area contributed by atoms with Crippen LogP contribution in [0.3, 0.4) is 0 Å². The number of nitrogens with one attached hydrogen (secondary N) is 2. The first kappa shape index (κ1) is 24.1. The minimum absolute atomic E-state index is 0.104. The lowest BCUT2D eigenvalue weighted by Crippen LogP contribution is -2.32. The van der Waals surface area contributed by atoms with Crippen LogP contribution in [0.15, 0.2) is 71.8 Å². The Morgan fingerprint density at radius 1 is 1.03 bits per heavy atom. The number of ether oxygens (including phenoxy) is 1. The SMILES string of the molecule is Cc1c(Cl)cccc1NC(=O)C(=O)N/N=C/c1cccc(OC(=O)c2ccccc2[N+](=O)[O-])c1. The second kappa shape index (κ2) is 10.8. The number of halogens is 1. The van der Waals surface area contributed by atoms with Crippen molar-refractivity contribution in [3.05, 3.63) is 98.6 Å². The molecule has 3 aromatic rings. The maximum absolute atomic E-state index is 12.4. The van der Waals surface area contributed by atoms with Gasteiger partial charge >= 0.3 is 17.8 Å². The number of carbonyl (C=O) groups excluding carboxylic acids is 3. The van der Waals surface area contributed by atoms with Crippen LogP contribution in [0.2, 0.25) is 5.02 Å². The molecule has 0 radical (unpaired) electrons. The average molecular weight is 481 g/mol. The fraction of sp³-hybridized carbons (Fsp3) is 0.0435. The molecule has 34 heavy (non-hydrogen) atoms. The summed E-state index contributed by atoms with van der Waals surface area (Å²) in [5, 5.41) is 17.7. The molecule has 2 N–H and O–H groups in total. The van der Waals surface area contributed by atoms with E-state index >= 15 is 0 Å². The Labute approximate surface area is 198 Å². The van der Waals surface area contributed by atoms with E-state index in [-0.39, 0.29) is 17.0 Å². The zero-order chi connectivity index (χ0) is 24.7. The molecule has 0 saturated heterocycles. The Morgan fingerprint density at radius 2 is 1.76 bits per heavy atom. The number of benzene rings is 3. The van der Waals surface area contributed by atoms with Crippen LogP contribution in [-0.4, -0.2) is 28.9 Å². The Morgan fingerprint density at radius 3 is 2.53 bits per heavy atom. The fourth-order valence-corrected chi connectivity index (χ4v) is 2.94. The summed E-state index contributed by atoms with van der Waals surface area (Å²) in [7, 11) is 0. The molecule has 0 saturated carbocycles. The molecule has 11 heteroatoms. The van der Waals surface area contributed by atoms with Crippen LogP contribution < -0.4 is 15.5 Å². The second-order valence-electron chi connectivity index (χ2n) is 6.80. The number of nitrogens with zero attached hydrogens (tertiary/aromatic N) is 2. The van der Waals surface area contributed by atoms with Crippen molar-refractivity contribution in [1.29, 1.82) is 0 Å². The van der Waals surface area contributed by atoms with E-state index in [4.69, 9.17) is 16.3 Å². The van der Waals surface area contributed by atoms with Gasteiger partial charge in [-0.1, -0.05) is 41.9 Å². The number of hydrogen-bond acceptors (Lipinski definition) is 7. The van der Waals surface area contributed by atoms with Crippen LogP contribution >= 0.6 is 11.6 Å². The third-order valence-corrected chi connectivity index (χ3v) is 4.90. The van der Waals surface area contributed by atoms with Gasteiger partial charge in [-0.15, -0.1) is 0 Å². The lowest BCUT2D eigenvalue weighted by Gasteiger charge is -2.08. The van der Waals surface area contributed by atoms with Gasteiger partial charge in [-0.25, -0.2) is 10.2 Å². The molecule has 3 rings (SSSR count). The summed E-state index contributed by atoms with van der Waals surface area (Å²) in [6.45, 7) is 1.70. The van der Waals surface area contributed by atoms with Gasteiger partial charge in [0, 0.05) is 16.8 Å². The van der Waals surface area contributed by atoms with Gasteiger partial charge in [-0.05, 0) is 48.4 Å². The molecule has 0 aliphatic carbocycles. The van der Waals surface area contributed by atoms with E-state index in [9.17, 15) is 24.5 Å². The quantitative estimate of drug-likeness (QED) is 0.137. The Hall–Kier alpha value is -4.57. The molecular formula is C23H17ClN4O6. The van der Waals surface area contributed by atoms with E-state index in [0.29, 0.717) is 21.8 Å². The molecular weight excluding hydrogens is 464 g/mol. The summed E-state index contributed by atoms with van der Waals surface area (Å²) in [5.41, 5.74) is 2.96. The Kier molecular flexibility index (Phi) is 7.67. The van der Waals surface area contributed by atoms with Gasteiger partial charge in [0.25, 0.3) is 5.69 Å². The van der Waals surface area contributed by atoms with Crippen LogP contribution in [0.5, 0.6) is 5.75 Å². The van der Waals surface area contributed by atoms with E-state index < -0.39 is 22.7 Å². The van der Waals surface area contributed by atoms with Gasteiger partial charge in [-0.2, -0.15) is 5.10 Å². The van der Waals surface area contributed by atoms with E-state index in [2.05, 4.69) is 15.8 Å². The van der Waals surface area contributed by atoms with Crippen molar-refractivity contribution in [2.45, 2.75) is 6.92 Å². The summed E-state index contributed by atoms with van der Waals surface area (Å²) in [5.74, 6) is -2.74. The number of amides is 2. The summed E-state index contributed by atoms with van der Waals surface area (Å²) >= 11 is 5.99. The minimum atomic E-state index is -1.01. The van der Waals surface area contributed by atoms with Crippen LogP contribution in [-0.2, 0) is 9.59 Å². The highest BCUT2D eigenvalue weighted by atomic mass is 35.5. The highest BCUT2D eigenvalue weighted by Gasteiger charge is 2.21. The van der Waals surface area contributed by atoms with Crippen molar-refractivity contribution in [2.75, 3.05) is 5.32 Å². The highest BCUT2D eigenvalue weighted by molar-refractivity contribution is 6.40. The fourth-order valence-electron chi connectivity index (χ4n) is 2.76. The average Bonchev–Trinajstić information content (AvgIpc) is 2.82. The number of para-hydroxylation sites is 1. The number of esters is 1. The number of hydrazone groups is 1. The minimum Gasteiger partial charge on any atom is -0.423 e. The maximum Gasteiger partial charge on any atom is 0.350 e. The van der Waals surface area contributed by atoms with Gasteiger partial charge in [0.05, 0.1) is 11.1 Å². The van der Waals surface area contributed by atoms with Crippen LogP contribution in [0.4, 0.5) is 11.4 Å². The van der Waals surface area contributed by atoms with E-state index in [1.807, 2.05) is 0 Å². The molecule has 0 aromatic heterocycles. The van der Waals surface area contributed by atoms with Crippen molar-refractivity contribution < 1.29 is 24.0 Å². The van der Waals surface area contributed by atoms with Gasteiger partial charge < -0.3 is 10.1 Å². The van der Waals surface area contributed by atoms with Crippen molar-refractivity contribution >= 4 is 47.0 Å². The van der Waals surface area contributed by atoms with Gasteiger partial charge in [0.2, 0.25) is 0 Å². The molecule has 0 spiro atoms. The third-order valence-electron chi connectivity index (χ3n) is 4.49. The van der Waals surface area contributed by atoms with Crippen molar-refractivity contribution in [3.8, 4) is 5.75 Å². The first-order valence-corrected chi connectivity index (χ1v) is 10.1. The number of hydrogen-bond donors (Lipinski definition) is 2. The zero-order valence-corrected chi connectivity index (χ0v) is 18.4. The number of anilines is 1. The molecule has 0 aliphatic rings. The lowest BCUT2D eigenvalue weighted by atomic mass is 10.2. The standard InChI is InChI=1S/C23H17ClN4O6/c1-14-18(24)9-5-10-19(14)26-21(29)22(30)27-25-13-15-6-4-7-16(12-15)34-23(31)17-8-2-3-11-20(17)28(32)33/h2-13H,1H3,(H,26,29)(H,27,30)/b25-13+. The Bertz CT molecular complexity index is 1310. The predicted octanol–water partition coefficient (Wildman–Crippen LogP) is 3.86.